The lowest BCUT2D eigenvalue weighted by Crippen LogP contribution is -2.44. The zero-order chi connectivity index (χ0) is 15.3. The monoisotopic (exact) mass is 371 g/mol. The Labute approximate surface area is 135 Å². The van der Waals surface area contributed by atoms with Gasteiger partial charge in [0.1, 0.15) is 4.88 Å². The fourth-order valence-electron chi connectivity index (χ4n) is 2.07. The SMILES string of the molecule is Cl.NC1(c2noc(-c3sccc3S(=O)(=O)C(F)F)n2)CCC1. The third-order valence-electron chi connectivity index (χ3n) is 3.48. The van der Waals surface area contributed by atoms with Gasteiger partial charge < -0.3 is 10.3 Å². The maximum absolute atomic E-state index is 12.7. The topological polar surface area (TPSA) is 99.1 Å². The molecular weight excluding hydrogens is 360 g/mol. The lowest BCUT2D eigenvalue weighted by molar-refractivity contribution is 0.229. The van der Waals surface area contributed by atoms with Gasteiger partial charge in [0, 0.05) is 0 Å². The maximum Gasteiger partial charge on any atom is 0.341 e. The predicted molar refractivity (Wildman–Crippen MR) is 77.8 cm³/mol. The molecule has 2 N–H and O–H groups in total. The molecule has 122 valence electrons. The summed E-state index contributed by atoms with van der Waals surface area (Å²) in [6.07, 6.45) is 2.36. The van der Waals surface area contributed by atoms with Crippen molar-refractivity contribution in [3.63, 3.8) is 0 Å². The third-order valence-corrected chi connectivity index (χ3v) is 5.94. The number of rotatable bonds is 4. The van der Waals surface area contributed by atoms with E-state index in [1.807, 2.05) is 0 Å². The Kier molecular flexibility index (Phi) is 4.58. The summed E-state index contributed by atoms with van der Waals surface area (Å²) in [4.78, 5) is 3.59. The van der Waals surface area contributed by atoms with E-state index in [1.54, 1.807) is 0 Å². The fraction of sp³-hybridized carbons (Fsp3) is 0.455. The molecule has 1 fully saturated rings. The molecule has 0 bridgehead atoms. The van der Waals surface area contributed by atoms with Gasteiger partial charge in [-0.25, -0.2) is 8.42 Å². The van der Waals surface area contributed by atoms with Crippen LogP contribution in [0.1, 0.15) is 25.1 Å². The molecule has 0 amide bonds. The highest BCUT2D eigenvalue weighted by atomic mass is 35.5. The second-order valence-corrected chi connectivity index (χ2v) is 7.65. The summed E-state index contributed by atoms with van der Waals surface area (Å²) in [5.74, 6) is -3.32. The minimum absolute atomic E-state index is 0. The molecule has 0 spiro atoms. The van der Waals surface area contributed by atoms with Crippen LogP contribution in [0.2, 0.25) is 0 Å². The molecule has 22 heavy (non-hydrogen) atoms. The van der Waals surface area contributed by atoms with Crippen molar-refractivity contribution in [1.29, 1.82) is 0 Å². The van der Waals surface area contributed by atoms with Crippen LogP contribution in [0.5, 0.6) is 0 Å². The first-order chi connectivity index (χ1) is 9.84. The molecule has 6 nitrogen and oxygen atoms in total. The number of sulfone groups is 1. The molecule has 0 saturated heterocycles. The highest BCUT2D eigenvalue weighted by Gasteiger charge is 2.40. The number of hydrogen-bond donors (Lipinski definition) is 1. The lowest BCUT2D eigenvalue weighted by atomic mass is 9.77. The van der Waals surface area contributed by atoms with Crippen LogP contribution < -0.4 is 5.73 Å². The van der Waals surface area contributed by atoms with Crippen molar-refractivity contribution in [3.05, 3.63) is 17.3 Å². The van der Waals surface area contributed by atoms with Gasteiger partial charge in [-0.05, 0) is 30.7 Å². The van der Waals surface area contributed by atoms with E-state index in [-0.39, 0.29) is 29.0 Å². The predicted octanol–water partition coefficient (Wildman–Crippen LogP) is 2.55. The van der Waals surface area contributed by atoms with E-state index >= 15 is 0 Å². The van der Waals surface area contributed by atoms with Crippen molar-refractivity contribution in [2.75, 3.05) is 0 Å². The lowest BCUT2D eigenvalue weighted by Gasteiger charge is -2.34. The molecule has 11 heteroatoms. The molecular formula is C11H12ClF2N3O3S2. The minimum atomic E-state index is -4.71. The largest absolute Gasteiger partial charge is 0.341 e. The molecule has 0 aliphatic heterocycles. The molecule has 0 aromatic carbocycles. The Morgan fingerprint density at radius 3 is 2.64 bits per heavy atom. The van der Waals surface area contributed by atoms with E-state index in [9.17, 15) is 17.2 Å². The van der Waals surface area contributed by atoms with Crippen LogP contribution in [0.4, 0.5) is 8.78 Å². The highest BCUT2D eigenvalue weighted by molar-refractivity contribution is 7.92. The van der Waals surface area contributed by atoms with E-state index in [4.69, 9.17) is 10.3 Å². The van der Waals surface area contributed by atoms with Crippen LogP contribution in [-0.2, 0) is 15.4 Å². The van der Waals surface area contributed by atoms with Gasteiger partial charge in [-0.3, -0.25) is 0 Å². The van der Waals surface area contributed by atoms with Gasteiger partial charge >= 0.3 is 5.76 Å². The van der Waals surface area contributed by atoms with Crippen LogP contribution in [-0.4, -0.2) is 24.3 Å². The smallest absolute Gasteiger partial charge is 0.333 e. The van der Waals surface area contributed by atoms with E-state index in [0.717, 1.165) is 23.8 Å². The Bertz CT molecular complexity index is 771. The molecule has 3 rings (SSSR count). The van der Waals surface area contributed by atoms with Gasteiger partial charge in [0.15, 0.2) is 5.82 Å². The molecule has 0 unspecified atom stereocenters. The van der Waals surface area contributed by atoms with E-state index in [1.165, 1.54) is 5.38 Å². The minimum Gasteiger partial charge on any atom is -0.333 e. The van der Waals surface area contributed by atoms with Crippen molar-refractivity contribution < 1.29 is 21.7 Å². The summed E-state index contributed by atoms with van der Waals surface area (Å²) in [7, 11) is -4.71. The second-order valence-electron chi connectivity index (χ2n) is 4.85. The summed E-state index contributed by atoms with van der Waals surface area (Å²) >= 11 is 0.947. The molecule has 2 aromatic heterocycles. The molecule has 1 aliphatic rings. The number of nitrogens with zero attached hydrogens (tertiary/aromatic N) is 2. The van der Waals surface area contributed by atoms with E-state index in [0.29, 0.717) is 12.8 Å². The summed E-state index contributed by atoms with van der Waals surface area (Å²) in [5.41, 5.74) is 5.38. The van der Waals surface area contributed by atoms with Crippen molar-refractivity contribution in [2.24, 2.45) is 5.73 Å². The first kappa shape index (κ1) is 17.3. The zero-order valence-electron chi connectivity index (χ0n) is 11.0. The Hall–Kier alpha value is -1.10. The van der Waals surface area contributed by atoms with Crippen molar-refractivity contribution in [3.8, 4) is 10.8 Å². The first-order valence-corrected chi connectivity index (χ1v) is 8.50. The summed E-state index contributed by atoms with van der Waals surface area (Å²) in [6.45, 7) is 0. The third kappa shape index (κ3) is 2.64. The van der Waals surface area contributed by atoms with Gasteiger partial charge in [0.05, 0.1) is 10.4 Å². The van der Waals surface area contributed by atoms with Gasteiger partial charge in [0.25, 0.3) is 5.89 Å². The molecule has 1 aliphatic carbocycles. The van der Waals surface area contributed by atoms with Crippen LogP contribution in [0.15, 0.2) is 20.9 Å². The zero-order valence-corrected chi connectivity index (χ0v) is 13.5. The quantitative estimate of drug-likeness (QED) is 0.886. The van der Waals surface area contributed by atoms with E-state index < -0.39 is 26.0 Å². The number of halogens is 3. The number of nitrogens with two attached hydrogens (primary N) is 1. The van der Waals surface area contributed by atoms with Gasteiger partial charge in [-0.15, -0.1) is 23.7 Å². The van der Waals surface area contributed by atoms with Gasteiger partial charge in [-0.2, -0.15) is 13.8 Å². The summed E-state index contributed by atoms with van der Waals surface area (Å²) < 4.78 is 53.5. The maximum atomic E-state index is 12.7. The number of thiophene rings is 1. The van der Waals surface area contributed by atoms with Crippen LogP contribution in [0.3, 0.4) is 0 Å². The van der Waals surface area contributed by atoms with Crippen LogP contribution in [0, 0.1) is 0 Å². The fourth-order valence-corrected chi connectivity index (χ4v) is 4.16. The molecule has 0 radical (unpaired) electrons. The van der Waals surface area contributed by atoms with Gasteiger partial charge in [-0.1, -0.05) is 5.16 Å². The molecule has 2 heterocycles. The molecule has 2 aromatic rings. The molecule has 0 atom stereocenters. The second kappa shape index (κ2) is 5.84. The highest BCUT2D eigenvalue weighted by Crippen LogP contribution is 2.39. The number of alkyl halides is 2. The number of hydrogen-bond acceptors (Lipinski definition) is 7. The van der Waals surface area contributed by atoms with Crippen LogP contribution in [0.25, 0.3) is 10.8 Å². The Morgan fingerprint density at radius 2 is 2.09 bits per heavy atom. The van der Waals surface area contributed by atoms with Crippen molar-refractivity contribution >= 4 is 33.6 Å². The van der Waals surface area contributed by atoms with Crippen molar-refractivity contribution in [1.82, 2.24) is 10.1 Å². The Balaban J connectivity index is 0.00000176. The van der Waals surface area contributed by atoms with Gasteiger partial charge in [0.2, 0.25) is 9.84 Å². The number of aromatic nitrogens is 2. The van der Waals surface area contributed by atoms with E-state index in [2.05, 4.69) is 10.1 Å². The average molecular weight is 372 g/mol. The average Bonchev–Trinajstić information content (AvgIpc) is 3.04. The first-order valence-electron chi connectivity index (χ1n) is 6.07. The molecule has 1 saturated carbocycles. The van der Waals surface area contributed by atoms with Crippen molar-refractivity contribution in [2.45, 2.75) is 35.5 Å². The Morgan fingerprint density at radius 1 is 1.41 bits per heavy atom. The van der Waals surface area contributed by atoms with Crippen LogP contribution >= 0.6 is 23.7 Å². The summed E-state index contributed by atoms with van der Waals surface area (Å²) in [6, 6.07) is 1.10. The normalized spacial score (nSPS) is 17.1. The summed E-state index contributed by atoms with van der Waals surface area (Å²) in [5, 5.41) is 5.13. The standard InChI is InChI=1S/C11H11F2N3O3S2.ClH/c12-10(13)21(17,18)6-2-5-20-7(6)8-15-9(16-19-8)11(14)3-1-4-11;/h2,5,10H,1,3-4,14H2;1H.